The zero-order chi connectivity index (χ0) is 20.8. The molecule has 30 heavy (non-hydrogen) atoms. The first-order chi connectivity index (χ1) is 14.7. The van der Waals surface area contributed by atoms with Gasteiger partial charge < -0.3 is 19.9 Å². The van der Waals surface area contributed by atoms with Crippen molar-refractivity contribution < 1.29 is 9.53 Å². The summed E-state index contributed by atoms with van der Waals surface area (Å²) in [4.78, 5) is 29.2. The average molecular weight is 410 g/mol. The summed E-state index contributed by atoms with van der Waals surface area (Å²) < 4.78 is 5.44. The van der Waals surface area contributed by atoms with Gasteiger partial charge in [0.1, 0.15) is 0 Å². The molecule has 0 spiro atoms. The molecular weight excluding hydrogens is 384 g/mol. The maximum atomic E-state index is 11.1. The number of ether oxygens (including phenoxy) is 1. The Kier molecular flexibility index (Phi) is 6.33. The molecule has 1 amide bonds. The maximum Gasteiger partial charge on any atom is 0.250 e. The van der Waals surface area contributed by atoms with Crippen molar-refractivity contribution in [2.75, 3.05) is 59.9 Å². The summed E-state index contributed by atoms with van der Waals surface area (Å²) in [6.45, 7) is 6.24. The van der Waals surface area contributed by atoms with E-state index in [1.54, 1.807) is 6.21 Å². The molecule has 1 aromatic heterocycles. The average Bonchev–Trinajstić information content (AvgIpc) is 3.30. The second-order valence-electron chi connectivity index (χ2n) is 7.23. The molecule has 2 aliphatic heterocycles. The van der Waals surface area contributed by atoms with E-state index in [4.69, 9.17) is 4.74 Å². The first-order valence-electron chi connectivity index (χ1n) is 10.2. The molecule has 10 heteroatoms. The lowest BCUT2D eigenvalue weighted by Gasteiger charge is -2.27. The molecule has 2 aromatic rings. The monoisotopic (exact) mass is 410 g/mol. The molecule has 0 unspecified atom stereocenters. The highest BCUT2D eigenvalue weighted by molar-refractivity contribution is 5.89. The summed E-state index contributed by atoms with van der Waals surface area (Å²) in [7, 11) is 0. The first-order valence-corrected chi connectivity index (χ1v) is 10.2. The Labute approximate surface area is 175 Å². The quantitative estimate of drug-likeness (QED) is 0.547. The van der Waals surface area contributed by atoms with Crippen LogP contribution in [0.1, 0.15) is 25.3 Å². The van der Waals surface area contributed by atoms with Crippen LogP contribution in [0.2, 0.25) is 0 Å². The number of hydrogen-bond acceptors (Lipinski definition) is 9. The minimum atomic E-state index is -0.0993. The zero-order valence-corrected chi connectivity index (χ0v) is 17.0. The molecule has 0 saturated carbocycles. The third kappa shape index (κ3) is 5.20. The number of carbonyl (C=O) groups is 1. The lowest BCUT2D eigenvalue weighted by Crippen LogP contribution is -2.38. The number of amides is 1. The van der Waals surface area contributed by atoms with Gasteiger partial charge in [0.05, 0.1) is 19.4 Å². The molecule has 2 saturated heterocycles. The van der Waals surface area contributed by atoms with E-state index < -0.39 is 0 Å². The second-order valence-corrected chi connectivity index (χ2v) is 7.23. The van der Waals surface area contributed by atoms with Crippen molar-refractivity contribution >= 4 is 35.7 Å². The number of morpholine rings is 1. The maximum absolute atomic E-state index is 11.1. The van der Waals surface area contributed by atoms with Crippen LogP contribution in [-0.4, -0.2) is 66.5 Å². The molecule has 2 N–H and O–H groups in total. The van der Waals surface area contributed by atoms with Crippen molar-refractivity contribution in [3.8, 4) is 0 Å². The van der Waals surface area contributed by atoms with E-state index >= 15 is 0 Å². The molecule has 0 radical (unpaired) electrons. The van der Waals surface area contributed by atoms with Crippen molar-refractivity contribution in [3.05, 3.63) is 29.8 Å². The predicted molar refractivity (Wildman–Crippen MR) is 116 cm³/mol. The number of hydrazone groups is 1. The zero-order valence-electron chi connectivity index (χ0n) is 17.0. The number of nitrogens with one attached hydrogen (secondary N) is 2. The number of anilines is 4. The third-order valence-electron chi connectivity index (χ3n) is 4.90. The predicted octanol–water partition coefficient (Wildman–Crippen LogP) is 1.71. The number of benzene rings is 1. The molecule has 2 aliphatic rings. The van der Waals surface area contributed by atoms with Gasteiger partial charge in [-0.1, -0.05) is 12.1 Å². The largest absolute Gasteiger partial charge is 0.378 e. The third-order valence-corrected chi connectivity index (χ3v) is 4.90. The molecule has 1 aromatic carbocycles. The van der Waals surface area contributed by atoms with Crippen LogP contribution in [0.5, 0.6) is 0 Å². The van der Waals surface area contributed by atoms with Crippen molar-refractivity contribution in [1.29, 1.82) is 0 Å². The highest BCUT2D eigenvalue weighted by Crippen LogP contribution is 2.21. The van der Waals surface area contributed by atoms with Crippen LogP contribution in [-0.2, 0) is 9.53 Å². The molecular formula is C20H26N8O2. The smallest absolute Gasteiger partial charge is 0.250 e. The Morgan fingerprint density at radius 1 is 1.00 bits per heavy atom. The van der Waals surface area contributed by atoms with Crippen LogP contribution in [0.15, 0.2) is 29.4 Å². The van der Waals surface area contributed by atoms with E-state index in [-0.39, 0.29) is 5.91 Å². The first kappa shape index (κ1) is 20.0. The highest BCUT2D eigenvalue weighted by Gasteiger charge is 2.21. The fraction of sp³-hybridized carbons (Fsp3) is 0.450. The second kappa shape index (κ2) is 9.49. The van der Waals surface area contributed by atoms with Gasteiger partial charge in [-0.25, -0.2) is 5.43 Å². The molecule has 4 rings (SSSR count). The van der Waals surface area contributed by atoms with Gasteiger partial charge in [-0.05, 0) is 30.5 Å². The molecule has 0 bridgehead atoms. The Bertz CT molecular complexity index is 890. The number of aromatic nitrogens is 3. The Hall–Kier alpha value is -3.27. The SMILES string of the molecule is CC(=O)Nc1ccc(/C=N\Nc2nc(N3CCCC3)nc(N3CCOCC3)n2)cc1. The molecule has 10 nitrogen and oxygen atoms in total. The van der Waals surface area contributed by atoms with E-state index in [1.807, 2.05) is 24.3 Å². The molecule has 0 aliphatic carbocycles. The van der Waals surface area contributed by atoms with Gasteiger partial charge in [0.2, 0.25) is 23.8 Å². The summed E-state index contributed by atoms with van der Waals surface area (Å²) in [5, 5.41) is 7.02. The van der Waals surface area contributed by atoms with Crippen molar-refractivity contribution in [2.24, 2.45) is 5.10 Å². The van der Waals surface area contributed by atoms with Crippen molar-refractivity contribution in [1.82, 2.24) is 15.0 Å². The van der Waals surface area contributed by atoms with E-state index in [1.165, 1.54) is 6.92 Å². The van der Waals surface area contributed by atoms with Gasteiger partial charge in [-0.15, -0.1) is 0 Å². The van der Waals surface area contributed by atoms with Crippen molar-refractivity contribution in [3.63, 3.8) is 0 Å². The fourth-order valence-electron chi connectivity index (χ4n) is 3.39. The normalized spacial score (nSPS) is 16.8. The van der Waals surface area contributed by atoms with Crippen LogP contribution in [0.4, 0.5) is 23.5 Å². The lowest BCUT2D eigenvalue weighted by atomic mass is 10.2. The fourth-order valence-corrected chi connectivity index (χ4v) is 3.39. The summed E-state index contributed by atoms with van der Waals surface area (Å²) in [5.41, 5.74) is 4.57. The number of nitrogens with zero attached hydrogens (tertiary/aromatic N) is 6. The van der Waals surface area contributed by atoms with E-state index in [9.17, 15) is 4.79 Å². The molecule has 2 fully saturated rings. The summed E-state index contributed by atoms with van der Waals surface area (Å²) in [5.74, 6) is 1.64. The van der Waals surface area contributed by atoms with Gasteiger partial charge in [0, 0.05) is 38.8 Å². The van der Waals surface area contributed by atoms with Gasteiger partial charge in [0.25, 0.3) is 0 Å². The molecule has 0 atom stereocenters. The van der Waals surface area contributed by atoms with Gasteiger partial charge in [-0.3, -0.25) is 4.79 Å². The Morgan fingerprint density at radius 2 is 1.63 bits per heavy atom. The number of rotatable bonds is 6. The summed E-state index contributed by atoms with van der Waals surface area (Å²) in [6.07, 6.45) is 3.98. The highest BCUT2D eigenvalue weighted by atomic mass is 16.5. The Morgan fingerprint density at radius 3 is 2.27 bits per heavy atom. The lowest BCUT2D eigenvalue weighted by molar-refractivity contribution is -0.114. The summed E-state index contributed by atoms with van der Waals surface area (Å²) >= 11 is 0. The number of carbonyl (C=O) groups excluding carboxylic acids is 1. The molecule has 3 heterocycles. The standard InChI is InChI=1S/C20H26N8O2/c1-15(29)22-17-6-4-16(5-7-17)14-21-26-18-23-19(27-8-2-3-9-27)25-20(24-18)28-10-12-30-13-11-28/h4-7,14H,2-3,8-13H2,1H3,(H,22,29)(H,23,24,25,26)/b21-14-. The van der Waals surface area contributed by atoms with Crippen LogP contribution >= 0.6 is 0 Å². The topological polar surface area (TPSA) is 108 Å². The van der Waals surface area contributed by atoms with E-state index in [0.717, 1.165) is 50.3 Å². The van der Waals surface area contributed by atoms with Gasteiger partial charge in [0.15, 0.2) is 0 Å². The number of hydrogen-bond donors (Lipinski definition) is 2. The van der Waals surface area contributed by atoms with Crippen LogP contribution in [0.3, 0.4) is 0 Å². The van der Waals surface area contributed by atoms with Crippen LogP contribution in [0.25, 0.3) is 0 Å². The molecule has 158 valence electrons. The van der Waals surface area contributed by atoms with Gasteiger partial charge in [-0.2, -0.15) is 20.1 Å². The van der Waals surface area contributed by atoms with E-state index in [2.05, 4.69) is 40.6 Å². The minimum Gasteiger partial charge on any atom is -0.378 e. The van der Waals surface area contributed by atoms with Gasteiger partial charge >= 0.3 is 0 Å². The van der Waals surface area contributed by atoms with Crippen LogP contribution in [0, 0.1) is 0 Å². The Balaban J connectivity index is 1.48. The van der Waals surface area contributed by atoms with Crippen molar-refractivity contribution in [2.45, 2.75) is 19.8 Å². The van der Waals surface area contributed by atoms with Crippen LogP contribution < -0.4 is 20.5 Å². The minimum absolute atomic E-state index is 0.0993. The summed E-state index contributed by atoms with van der Waals surface area (Å²) in [6, 6.07) is 7.40. The van der Waals surface area contributed by atoms with E-state index in [0.29, 0.717) is 31.1 Å².